The maximum absolute atomic E-state index is 13.8. The van der Waals surface area contributed by atoms with Crippen LogP contribution in [0.4, 0.5) is 15.8 Å². The predicted molar refractivity (Wildman–Crippen MR) is 80.0 cm³/mol. The van der Waals surface area contributed by atoms with Crippen LogP contribution in [-0.4, -0.2) is 18.3 Å². The summed E-state index contributed by atoms with van der Waals surface area (Å²) in [6, 6.07) is 6.94. The number of hydrogen-bond donors (Lipinski definition) is 1. The van der Waals surface area contributed by atoms with E-state index in [0.29, 0.717) is 5.69 Å². The summed E-state index contributed by atoms with van der Waals surface area (Å²) in [6.45, 7) is 4.32. The quantitative estimate of drug-likeness (QED) is 0.859. The Hall–Kier alpha value is -0.990. The molecule has 1 aromatic heterocycles. The number of pyridine rings is 1. The molecular weight excluding hydrogens is 314 g/mol. The fraction of sp³-hybridized carbons (Fsp3) is 0.154. The molecule has 0 aliphatic carbocycles. The van der Waals surface area contributed by atoms with E-state index in [9.17, 15) is 4.39 Å². The highest BCUT2D eigenvalue weighted by atomic mass is 79.9. The number of anilines is 2. The lowest BCUT2D eigenvalue weighted by molar-refractivity contribution is 0.631. The van der Waals surface area contributed by atoms with Gasteiger partial charge in [-0.15, -0.1) is 0 Å². The van der Waals surface area contributed by atoms with Crippen LogP contribution in [0, 0.1) is 5.82 Å². The van der Waals surface area contributed by atoms with Crippen LogP contribution in [0.15, 0.2) is 41.1 Å². The number of benzene rings is 1. The highest BCUT2D eigenvalue weighted by Crippen LogP contribution is 2.30. The summed E-state index contributed by atoms with van der Waals surface area (Å²) in [7, 11) is -0.263. The third kappa shape index (κ3) is 3.06. The zero-order valence-corrected chi connectivity index (χ0v) is 12.6. The summed E-state index contributed by atoms with van der Waals surface area (Å²) in [5.74, 6) is -0.282. The second-order valence-corrected chi connectivity index (χ2v) is 7.22. The lowest BCUT2D eigenvalue weighted by atomic mass is 10.3. The van der Waals surface area contributed by atoms with E-state index in [1.165, 1.54) is 11.4 Å². The second-order valence-electron chi connectivity index (χ2n) is 4.04. The number of hydrogen-bond acceptors (Lipinski definition) is 2. The molecule has 2 nitrogen and oxygen atoms in total. The average Bonchev–Trinajstić information content (AvgIpc) is 2.33. The van der Waals surface area contributed by atoms with Gasteiger partial charge >= 0.3 is 0 Å². The van der Waals surface area contributed by atoms with Crippen LogP contribution in [-0.2, 0) is 0 Å². The van der Waals surface area contributed by atoms with Gasteiger partial charge in [-0.1, -0.05) is 23.9 Å². The number of nitrogens with one attached hydrogen (secondary N) is 1. The first-order valence-electron chi connectivity index (χ1n) is 5.41. The molecule has 2 aromatic rings. The van der Waals surface area contributed by atoms with Crippen molar-refractivity contribution in [1.82, 2.24) is 4.98 Å². The second kappa shape index (κ2) is 5.77. The number of aromatic nitrogens is 1. The van der Waals surface area contributed by atoms with Crippen molar-refractivity contribution in [1.29, 1.82) is 0 Å². The van der Waals surface area contributed by atoms with Gasteiger partial charge in [0.25, 0.3) is 0 Å². The van der Waals surface area contributed by atoms with E-state index in [4.69, 9.17) is 0 Å². The zero-order valence-electron chi connectivity index (χ0n) is 10.1. The topological polar surface area (TPSA) is 24.9 Å². The maximum atomic E-state index is 13.8. The average molecular weight is 327 g/mol. The molecule has 0 fully saturated rings. The number of rotatable bonds is 3. The lowest BCUT2D eigenvalue weighted by Crippen LogP contribution is -2.08. The van der Waals surface area contributed by atoms with E-state index >= 15 is 0 Å². The van der Waals surface area contributed by atoms with Gasteiger partial charge in [0, 0.05) is 16.0 Å². The molecule has 0 unspecified atom stereocenters. The highest BCUT2D eigenvalue weighted by molar-refractivity contribution is 9.10. The van der Waals surface area contributed by atoms with Gasteiger partial charge in [-0.3, -0.25) is 4.98 Å². The van der Waals surface area contributed by atoms with E-state index in [1.54, 1.807) is 18.5 Å². The summed E-state index contributed by atoms with van der Waals surface area (Å²) < 4.78 is 14.5. The Morgan fingerprint density at radius 1 is 1.22 bits per heavy atom. The predicted octanol–water partition coefficient (Wildman–Crippen LogP) is 4.09. The minimum atomic E-state index is -0.282. The normalized spacial score (nSPS) is 10.7. The Balaban J connectivity index is 2.34. The van der Waals surface area contributed by atoms with Gasteiger partial charge in [0.2, 0.25) is 0 Å². The Morgan fingerprint density at radius 2 is 2.00 bits per heavy atom. The molecule has 5 heteroatoms. The van der Waals surface area contributed by atoms with Crippen molar-refractivity contribution in [2.45, 2.75) is 0 Å². The minimum Gasteiger partial charge on any atom is -0.351 e. The molecule has 18 heavy (non-hydrogen) atoms. The number of halogens is 2. The monoisotopic (exact) mass is 326 g/mol. The fourth-order valence-electron chi connectivity index (χ4n) is 1.61. The summed E-state index contributed by atoms with van der Waals surface area (Å²) >= 11 is 3.24. The van der Waals surface area contributed by atoms with Crippen LogP contribution in [0.5, 0.6) is 0 Å². The van der Waals surface area contributed by atoms with Crippen molar-refractivity contribution < 1.29 is 4.39 Å². The van der Waals surface area contributed by atoms with Crippen molar-refractivity contribution in [3.63, 3.8) is 0 Å². The Morgan fingerprint density at radius 3 is 2.67 bits per heavy atom. The van der Waals surface area contributed by atoms with Crippen molar-refractivity contribution in [2.75, 3.05) is 18.6 Å². The zero-order chi connectivity index (χ0) is 13.1. The molecule has 1 N–H and O–H groups in total. The molecule has 0 saturated carbocycles. The van der Waals surface area contributed by atoms with Gasteiger partial charge in [0.05, 0.1) is 17.6 Å². The van der Waals surface area contributed by atoms with Crippen LogP contribution < -0.4 is 10.6 Å². The molecule has 0 radical (unpaired) electrons. The largest absolute Gasteiger partial charge is 0.351 e. The Labute approximate surface area is 116 Å². The molecule has 0 saturated heterocycles. The van der Waals surface area contributed by atoms with Gasteiger partial charge in [-0.05, 0) is 37.6 Å². The first-order valence-corrected chi connectivity index (χ1v) is 8.44. The molecule has 1 heterocycles. The van der Waals surface area contributed by atoms with Crippen LogP contribution >= 0.6 is 23.9 Å². The van der Waals surface area contributed by atoms with E-state index in [-0.39, 0.29) is 13.7 Å². The third-order valence-electron chi connectivity index (χ3n) is 2.48. The van der Waals surface area contributed by atoms with E-state index in [1.807, 2.05) is 12.1 Å². The molecular formula is C13H13BrFN2P. The van der Waals surface area contributed by atoms with Crippen molar-refractivity contribution in [2.24, 2.45) is 0 Å². The third-order valence-corrected chi connectivity index (χ3v) is 4.33. The maximum Gasteiger partial charge on any atom is 0.147 e. The Kier molecular flexibility index (Phi) is 4.31. The highest BCUT2D eigenvalue weighted by Gasteiger charge is 2.08. The smallest absolute Gasteiger partial charge is 0.147 e. The number of nitrogens with zero attached hydrogens (tertiary/aromatic N) is 1. The first kappa shape index (κ1) is 13.4. The van der Waals surface area contributed by atoms with Gasteiger partial charge in [0.1, 0.15) is 5.82 Å². The molecule has 2 rings (SSSR count). The molecule has 94 valence electrons. The molecule has 0 spiro atoms. The van der Waals surface area contributed by atoms with E-state index < -0.39 is 0 Å². The van der Waals surface area contributed by atoms with E-state index in [0.717, 1.165) is 10.2 Å². The summed E-state index contributed by atoms with van der Waals surface area (Å²) in [5.41, 5.74) is 1.33. The minimum absolute atomic E-state index is 0.263. The molecule has 0 bridgehead atoms. The first-order chi connectivity index (χ1) is 8.58. The SMILES string of the molecule is CP(C)c1ccncc1Nc1ccc(Br)cc1F. The summed E-state index contributed by atoms with van der Waals surface area (Å²) in [4.78, 5) is 4.09. The molecule has 0 amide bonds. The van der Waals surface area contributed by atoms with E-state index in [2.05, 4.69) is 39.6 Å². The fourth-order valence-corrected chi connectivity index (χ4v) is 2.90. The molecule has 0 aliphatic rings. The summed E-state index contributed by atoms with van der Waals surface area (Å²) in [5, 5.41) is 4.29. The summed E-state index contributed by atoms with van der Waals surface area (Å²) in [6.07, 6.45) is 3.50. The molecule has 0 aliphatic heterocycles. The van der Waals surface area contributed by atoms with Gasteiger partial charge in [-0.2, -0.15) is 0 Å². The van der Waals surface area contributed by atoms with Gasteiger partial charge in [0.15, 0.2) is 0 Å². The van der Waals surface area contributed by atoms with Crippen LogP contribution in [0.2, 0.25) is 0 Å². The van der Waals surface area contributed by atoms with Crippen molar-refractivity contribution in [3.05, 3.63) is 46.9 Å². The lowest BCUT2D eigenvalue weighted by Gasteiger charge is -2.14. The standard InChI is InChI=1S/C13H13BrFN2P/c1-18(2)13-5-6-16-8-12(13)17-11-4-3-9(14)7-10(11)15/h3-8,17H,1-2H3. The van der Waals surface area contributed by atoms with Crippen LogP contribution in [0.1, 0.15) is 0 Å². The Bertz CT molecular complexity index is 560. The van der Waals surface area contributed by atoms with Crippen molar-refractivity contribution in [3.8, 4) is 0 Å². The van der Waals surface area contributed by atoms with Gasteiger partial charge < -0.3 is 5.32 Å². The van der Waals surface area contributed by atoms with Crippen LogP contribution in [0.3, 0.4) is 0 Å². The van der Waals surface area contributed by atoms with Crippen LogP contribution in [0.25, 0.3) is 0 Å². The molecule has 0 atom stereocenters. The van der Waals surface area contributed by atoms with Crippen molar-refractivity contribution >= 4 is 40.5 Å². The van der Waals surface area contributed by atoms with Gasteiger partial charge in [-0.25, -0.2) is 4.39 Å². The molecule has 1 aromatic carbocycles.